The number of likely N-dealkylation sites (tertiary alicyclic amines) is 1. The van der Waals surface area contributed by atoms with Gasteiger partial charge in [-0.2, -0.15) is 0 Å². The average Bonchev–Trinajstić information content (AvgIpc) is 3.05. The molecule has 0 unspecified atom stereocenters. The van der Waals surface area contributed by atoms with Gasteiger partial charge in [-0.15, -0.1) is 0 Å². The number of amides is 1. The highest BCUT2D eigenvalue weighted by molar-refractivity contribution is 5.98. The molecule has 0 aromatic heterocycles. The molecule has 1 saturated heterocycles. The molecule has 2 aromatic carbocycles. The van der Waals surface area contributed by atoms with Crippen LogP contribution in [0.25, 0.3) is 0 Å². The van der Waals surface area contributed by atoms with Gasteiger partial charge in [-0.05, 0) is 55.6 Å². The van der Waals surface area contributed by atoms with Crippen LogP contribution in [0, 0.1) is 5.92 Å². The fraction of sp³-hybridized carbons (Fsp3) is 0.435. The van der Waals surface area contributed by atoms with Gasteiger partial charge in [0.2, 0.25) is 0 Å². The second kappa shape index (κ2) is 8.65. The van der Waals surface area contributed by atoms with Crippen molar-refractivity contribution in [2.45, 2.75) is 19.4 Å². The zero-order chi connectivity index (χ0) is 19.3. The van der Waals surface area contributed by atoms with Crippen LogP contribution >= 0.6 is 0 Å². The molecule has 5 heteroatoms. The maximum Gasteiger partial charge on any atom is 0.254 e. The fourth-order valence-electron chi connectivity index (χ4n) is 4.31. The molecule has 0 bridgehead atoms. The molecule has 2 aliphatic rings. The van der Waals surface area contributed by atoms with Crippen molar-refractivity contribution in [2.24, 2.45) is 5.92 Å². The molecule has 1 amide bonds. The third-order valence-corrected chi connectivity index (χ3v) is 5.93. The Kier molecular flexibility index (Phi) is 5.81. The summed E-state index contributed by atoms with van der Waals surface area (Å²) in [5.74, 6) is 1.70. The molecule has 0 spiro atoms. The Labute approximate surface area is 167 Å². The lowest BCUT2D eigenvalue weighted by Gasteiger charge is -2.34. The molecule has 1 fully saturated rings. The Bertz CT molecular complexity index is 815. The smallest absolute Gasteiger partial charge is 0.254 e. The monoisotopic (exact) mass is 379 g/mol. The summed E-state index contributed by atoms with van der Waals surface area (Å²) < 4.78 is 5.39. The molecule has 148 valence electrons. The van der Waals surface area contributed by atoms with E-state index >= 15 is 0 Å². The van der Waals surface area contributed by atoms with Crippen LogP contribution in [0.4, 0.5) is 5.69 Å². The number of hydrogen-bond acceptors (Lipinski definition) is 4. The number of carbonyl (C=O) groups is 1. The molecule has 4 rings (SSSR count). The summed E-state index contributed by atoms with van der Waals surface area (Å²) >= 11 is 0. The first kappa shape index (κ1) is 18.8. The highest BCUT2D eigenvalue weighted by Gasteiger charge is 2.29. The van der Waals surface area contributed by atoms with Gasteiger partial charge >= 0.3 is 0 Å². The van der Waals surface area contributed by atoms with E-state index in [-0.39, 0.29) is 5.91 Å². The second-order valence-corrected chi connectivity index (χ2v) is 7.75. The maximum absolute atomic E-state index is 12.6. The van der Waals surface area contributed by atoms with E-state index in [1.54, 1.807) is 7.11 Å². The number of carbonyl (C=O) groups excluding carboxylic acids is 1. The SMILES string of the molecule is COc1ccccc1NCCN1CCC(CN2Cc3ccccc3C2=O)CC1. The molecule has 1 N–H and O–H groups in total. The number of para-hydroxylation sites is 2. The van der Waals surface area contributed by atoms with E-state index in [2.05, 4.69) is 22.3 Å². The van der Waals surface area contributed by atoms with Crippen molar-refractivity contribution in [3.8, 4) is 5.75 Å². The molecule has 0 saturated carbocycles. The third kappa shape index (κ3) is 4.14. The van der Waals surface area contributed by atoms with Crippen molar-refractivity contribution >= 4 is 11.6 Å². The minimum Gasteiger partial charge on any atom is -0.495 e. The van der Waals surface area contributed by atoms with Gasteiger partial charge in [0.15, 0.2) is 0 Å². The van der Waals surface area contributed by atoms with Crippen molar-refractivity contribution in [2.75, 3.05) is 45.2 Å². The summed E-state index contributed by atoms with van der Waals surface area (Å²) in [6, 6.07) is 16.0. The fourth-order valence-corrected chi connectivity index (χ4v) is 4.31. The zero-order valence-corrected chi connectivity index (χ0v) is 16.6. The molecule has 0 atom stereocenters. The first-order chi connectivity index (χ1) is 13.7. The number of nitrogens with one attached hydrogen (secondary N) is 1. The highest BCUT2D eigenvalue weighted by atomic mass is 16.5. The van der Waals surface area contributed by atoms with Gasteiger partial charge in [0, 0.05) is 31.7 Å². The van der Waals surface area contributed by atoms with Gasteiger partial charge in [0.25, 0.3) is 5.91 Å². The van der Waals surface area contributed by atoms with E-state index in [4.69, 9.17) is 4.74 Å². The Morgan fingerprint density at radius 1 is 1.07 bits per heavy atom. The van der Waals surface area contributed by atoms with Gasteiger partial charge in [0.1, 0.15) is 5.75 Å². The summed E-state index contributed by atoms with van der Waals surface area (Å²) in [6.45, 7) is 5.81. The van der Waals surface area contributed by atoms with E-state index in [1.807, 2.05) is 41.3 Å². The van der Waals surface area contributed by atoms with Crippen molar-refractivity contribution in [1.82, 2.24) is 9.80 Å². The topological polar surface area (TPSA) is 44.8 Å². The van der Waals surface area contributed by atoms with Crippen LogP contribution in [0.2, 0.25) is 0 Å². The minimum atomic E-state index is 0.207. The van der Waals surface area contributed by atoms with E-state index in [0.717, 1.165) is 69.1 Å². The summed E-state index contributed by atoms with van der Waals surface area (Å²) in [7, 11) is 1.70. The van der Waals surface area contributed by atoms with Crippen LogP contribution in [0.3, 0.4) is 0 Å². The van der Waals surface area contributed by atoms with Crippen LogP contribution in [0.1, 0.15) is 28.8 Å². The number of piperidine rings is 1. The lowest BCUT2D eigenvalue weighted by atomic mass is 9.96. The molecule has 2 aromatic rings. The standard InChI is InChI=1S/C23H29N3O2/c1-28-22-9-5-4-8-21(22)24-12-15-25-13-10-18(11-14-25)16-26-17-19-6-2-3-7-20(19)23(26)27/h2-9,18,24H,10-17H2,1H3. The quantitative estimate of drug-likeness (QED) is 0.800. The molecule has 2 heterocycles. The summed E-state index contributed by atoms with van der Waals surface area (Å²) in [4.78, 5) is 17.1. The zero-order valence-electron chi connectivity index (χ0n) is 16.6. The Morgan fingerprint density at radius 2 is 1.82 bits per heavy atom. The molecule has 28 heavy (non-hydrogen) atoms. The van der Waals surface area contributed by atoms with E-state index < -0.39 is 0 Å². The number of hydrogen-bond donors (Lipinski definition) is 1. The molecule has 0 radical (unpaired) electrons. The highest BCUT2D eigenvalue weighted by Crippen LogP contribution is 2.26. The Morgan fingerprint density at radius 3 is 2.61 bits per heavy atom. The van der Waals surface area contributed by atoms with Gasteiger partial charge in [-0.25, -0.2) is 0 Å². The second-order valence-electron chi connectivity index (χ2n) is 7.75. The van der Waals surface area contributed by atoms with Crippen molar-refractivity contribution in [3.05, 3.63) is 59.7 Å². The minimum absolute atomic E-state index is 0.207. The number of methoxy groups -OCH3 is 1. The van der Waals surface area contributed by atoms with Crippen LogP contribution in [0.5, 0.6) is 5.75 Å². The predicted molar refractivity (Wildman–Crippen MR) is 112 cm³/mol. The average molecular weight is 380 g/mol. The predicted octanol–water partition coefficient (Wildman–Crippen LogP) is 3.48. The number of ether oxygens (including phenoxy) is 1. The molecular weight excluding hydrogens is 350 g/mol. The van der Waals surface area contributed by atoms with Crippen LogP contribution in [-0.2, 0) is 6.54 Å². The number of anilines is 1. The van der Waals surface area contributed by atoms with Crippen molar-refractivity contribution in [3.63, 3.8) is 0 Å². The summed E-state index contributed by atoms with van der Waals surface area (Å²) in [5, 5.41) is 3.48. The van der Waals surface area contributed by atoms with Crippen LogP contribution < -0.4 is 10.1 Å². The van der Waals surface area contributed by atoms with Crippen LogP contribution in [-0.4, -0.2) is 55.5 Å². The van der Waals surface area contributed by atoms with Crippen LogP contribution in [0.15, 0.2) is 48.5 Å². The molecule has 5 nitrogen and oxygen atoms in total. The number of nitrogens with zero attached hydrogens (tertiary/aromatic N) is 2. The number of rotatable bonds is 7. The normalized spacial score (nSPS) is 17.6. The van der Waals surface area contributed by atoms with Gasteiger partial charge in [0.05, 0.1) is 12.8 Å². The third-order valence-electron chi connectivity index (χ3n) is 5.93. The largest absolute Gasteiger partial charge is 0.495 e. The Balaban J connectivity index is 1.20. The first-order valence-corrected chi connectivity index (χ1v) is 10.2. The first-order valence-electron chi connectivity index (χ1n) is 10.2. The molecule has 2 aliphatic heterocycles. The maximum atomic E-state index is 12.6. The van der Waals surface area contributed by atoms with Gasteiger partial charge in [-0.3, -0.25) is 4.79 Å². The van der Waals surface area contributed by atoms with Crippen molar-refractivity contribution in [1.29, 1.82) is 0 Å². The lowest BCUT2D eigenvalue weighted by molar-refractivity contribution is 0.0715. The Hall–Kier alpha value is -2.53. The van der Waals surface area contributed by atoms with E-state index in [0.29, 0.717) is 5.92 Å². The number of fused-ring (bicyclic) bond motifs is 1. The summed E-state index contributed by atoms with van der Waals surface area (Å²) in [5.41, 5.74) is 3.11. The van der Waals surface area contributed by atoms with E-state index in [9.17, 15) is 4.79 Å². The number of benzene rings is 2. The molecular formula is C23H29N3O2. The van der Waals surface area contributed by atoms with Gasteiger partial charge < -0.3 is 19.9 Å². The lowest BCUT2D eigenvalue weighted by Crippen LogP contribution is -2.40. The summed E-state index contributed by atoms with van der Waals surface area (Å²) in [6.07, 6.45) is 2.32. The van der Waals surface area contributed by atoms with Crippen molar-refractivity contribution < 1.29 is 9.53 Å². The van der Waals surface area contributed by atoms with Gasteiger partial charge in [-0.1, -0.05) is 30.3 Å². The van der Waals surface area contributed by atoms with E-state index in [1.165, 1.54) is 5.56 Å². The molecule has 0 aliphatic carbocycles.